The summed E-state index contributed by atoms with van der Waals surface area (Å²) in [7, 11) is 0. The lowest BCUT2D eigenvalue weighted by Gasteiger charge is -2.28. The summed E-state index contributed by atoms with van der Waals surface area (Å²) in [5.41, 5.74) is 0.360. The van der Waals surface area contributed by atoms with Crippen LogP contribution in [0.5, 0.6) is 0 Å². The molecular formula is C27H31ClN2O6. The minimum atomic E-state index is -1.63. The van der Waals surface area contributed by atoms with Crippen molar-refractivity contribution >= 4 is 29.6 Å². The third-order valence-electron chi connectivity index (χ3n) is 4.92. The van der Waals surface area contributed by atoms with Crippen LogP contribution in [0.25, 0.3) is 11.1 Å². The van der Waals surface area contributed by atoms with Crippen molar-refractivity contribution in [1.82, 2.24) is 5.32 Å². The van der Waals surface area contributed by atoms with E-state index in [1.807, 2.05) is 0 Å². The molecular weight excluding hydrogens is 484 g/mol. The van der Waals surface area contributed by atoms with Gasteiger partial charge in [-0.15, -0.1) is 0 Å². The predicted octanol–water partition coefficient (Wildman–Crippen LogP) is 5.53. The topological polar surface area (TPSA) is 126 Å². The third kappa shape index (κ3) is 8.28. The van der Waals surface area contributed by atoms with Gasteiger partial charge in [-0.3, -0.25) is 9.59 Å². The van der Waals surface area contributed by atoms with Gasteiger partial charge in [0.1, 0.15) is 11.2 Å². The zero-order valence-electron chi connectivity index (χ0n) is 21.2. The van der Waals surface area contributed by atoms with Gasteiger partial charge in [0.05, 0.1) is 11.6 Å². The van der Waals surface area contributed by atoms with Crippen LogP contribution in [0.4, 0.5) is 4.79 Å². The van der Waals surface area contributed by atoms with E-state index < -0.39 is 41.1 Å². The zero-order valence-corrected chi connectivity index (χ0v) is 22.0. The Bertz CT molecular complexity index is 1170. The molecule has 2 N–H and O–H groups in total. The number of esters is 1. The first-order valence-corrected chi connectivity index (χ1v) is 11.7. The molecule has 1 amide bonds. The molecule has 8 nitrogen and oxygen atoms in total. The zero-order chi connectivity index (χ0) is 27.3. The van der Waals surface area contributed by atoms with Crippen LogP contribution in [0.3, 0.4) is 0 Å². The number of nitrogens with zero attached hydrogens (tertiary/aromatic N) is 1. The van der Waals surface area contributed by atoms with Gasteiger partial charge in [0.15, 0.2) is 5.92 Å². The molecule has 2 atom stereocenters. The van der Waals surface area contributed by atoms with Crippen LogP contribution in [-0.4, -0.2) is 40.9 Å². The minimum absolute atomic E-state index is 0.218. The van der Waals surface area contributed by atoms with E-state index in [-0.39, 0.29) is 6.54 Å². The minimum Gasteiger partial charge on any atom is -0.481 e. The monoisotopic (exact) mass is 514 g/mol. The summed E-state index contributed by atoms with van der Waals surface area (Å²) in [4.78, 5) is 37.6. The van der Waals surface area contributed by atoms with Crippen molar-refractivity contribution in [2.75, 3.05) is 6.54 Å². The fraction of sp³-hybridized carbons (Fsp3) is 0.407. The summed E-state index contributed by atoms with van der Waals surface area (Å²) >= 11 is 6.44. The normalized spacial score (nSPS) is 13.2. The van der Waals surface area contributed by atoms with Gasteiger partial charge in [0, 0.05) is 23.0 Å². The molecule has 0 radical (unpaired) electrons. The number of halogens is 1. The Balaban J connectivity index is 2.56. The number of carbonyl (C=O) groups is 3. The number of nitriles is 1. The van der Waals surface area contributed by atoms with Crippen LogP contribution in [-0.2, 0) is 19.1 Å². The van der Waals surface area contributed by atoms with Gasteiger partial charge in [-0.1, -0.05) is 29.8 Å². The van der Waals surface area contributed by atoms with E-state index in [1.54, 1.807) is 84.0 Å². The second-order valence-corrected chi connectivity index (χ2v) is 10.7. The number of amides is 1. The summed E-state index contributed by atoms with van der Waals surface area (Å²) in [5, 5.41) is 22.2. The van der Waals surface area contributed by atoms with Crippen LogP contribution < -0.4 is 5.32 Å². The van der Waals surface area contributed by atoms with Gasteiger partial charge in [0.2, 0.25) is 0 Å². The van der Waals surface area contributed by atoms with Gasteiger partial charge in [0.25, 0.3) is 0 Å². The SMILES string of the molecule is CC(C)(C)OC(=O)NC[C@@H](c1ccc(Cl)c(-c2cccc(C#N)c2)c1)C(C(=O)O)C(=O)OC(C)(C)C. The Morgan fingerprint density at radius 3 is 2.22 bits per heavy atom. The Morgan fingerprint density at radius 2 is 1.67 bits per heavy atom. The molecule has 0 aliphatic heterocycles. The maximum Gasteiger partial charge on any atom is 0.407 e. The van der Waals surface area contributed by atoms with E-state index in [0.29, 0.717) is 27.3 Å². The summed E-state index contributed by atoms with van der Waals surface area (Å²) < 4.78 is 10.7. The van der Waals surface area contributed by atoms with E-state index in [1.165, 1.54) is 0 Å². The molecule has 0 saturated carbocycles. The van der Waals surface area contributed by atoms with Crippen molar-refractivity contribution in [3.05, 3.63) is 58.6 Å². The van der Waals surface area contributed by atoms with Crippen molar-refractivity contribution < 1.29 is 29.0 Å². The molecule has 0 aliphatic carbocycles. The Morgan fingerprint density at radius 1 is 1.03 bits per heavy atom. The van der Waals surface area contributed by atoms with Crippen LogP contribution in [0.2, 0.25) is 5.02 Å². The summed E-state index contributed by atoms with van der Waals surface area (Å²) in [5.74, 6) is -4.98. The number of nitrogens with one attached hydrogen (secondary N) is 1. The highest BCUT2D eigenvalue weighted by molar-refractivity contribution is 6.33. The first-order chi connectivity index (χ1) is 16.6. The molecule has 0 spiro atoms. The van der Waals surface area contributed by atoms with Crippen molar-refractivity contribution in [2.45, 2.75) is 58.7 Å². The fourth-order valence-corrected chi connectivity index (χ4v) is 3.72. The number of aliphatic carboxylic acids is 1. The maximum atomic E-state index is 13.0. The van der Waals surface area contributed by atoms with Crippen molar-refractivity contribution in [2.24, 2.45) is 5.92 Å². The largest absolute Gasteiger partial charge is 0.481 e. The van der Waals surface area contributed by atoms with Gasteiger partial charge in [-0.25, -0.2) is 4.79 Å². The first kappa shape index (κ1) is 28.7. The molecule has 2 rings (SSSR count). The van der Waals surface area contributed by atoms with Crippen LogP contribution in [0.1, 0.15) is 58.6 Å². The molecule has 2 aromatic carbocycles. The van der Waals surface area contributed by atoms with E-state index in [0.717, 1.165) is 0 Å². The average Bonchev–Trinajstić information content (AvgIpc) is 2.74. The molecule has 1 unspecified atom stereocenters. The van der Waals surface area contributed by atoms with E-state index in [4.69, 9.17) is 21.1 Å². The molecule has 2 aromatic rings. The number of rotatable bonds is 7. The molecule has 36 heavy (non-hydrogen) atoms. The number of carbonyl (C=O) groups excluding carboxylic acids is 2. The van der Waals surface area contributed by atoms with Crippen LogP contribution in [0, 0.1) is 17.2 Å². The highest BCUT2D eigenvalue weighted by Gasteiger charge is 2.39. The molecule has 0 saturated heterocycles. The molecule has 0 aliphatic rings. The average molecular weight is 515 g/mol. The number of hydrogen-bond donors (Lipinski definition) is 2. The summed E-state index contributed by atoms with van der Waals surface area (Å²) in [6, 6.07) is 13.7. The predicted molar refractivity (Wildman–Crippen MR) is 136 cm³/mol. The highest BCUT2D eigenvalue weighted by Crippen LogP contribution is 2.35. The van der Waals surface area contributed by atoms with Crippen molar-refractivity contribution in [3.8, 4) is 17.2 Å². The van der Waals surface area contributed by atoms with Crippen LogP contribution >= 0.6 is 11.6 Å². The Kier molecular flexibility index (Phi) is 9.11. The molecule has 0 bridgehead atoms. The standard InChI is InChI=1S/C27H31ClN2O6/c1-26(2,3)35-24(33)22(23(31)32)20(15-30-25(34)36-27(4,5)6)18-10-11-21(28)19(13-18)17-9-7-8-16(12-17)14-29/h7-13,20,22H,15H2,1-6H3,(H,30,34)(H,31,32)/t20-,22?/m0/s1. The second-order valence-electron chi connectivity index (χ2n) is 10.3. The quantitative estimate of drug-likeness (QED) is 0.367. The van der Waals surface area contributed by atoms with E-state index >= 15 is 0 Å². The lowest BCUT2D eigenvalue weighted by molar-refractivity contribution is -0.167. The van der Waals surface area contributed by atoms with Gasteiger partial charge in [-0.2, -0.15) is 5.26 Å². The lowest BCUT2D eigenvalue weighted by Crippen LogP contribution is -2.42. The van der Waals surface area contributed by atoms with Crippen molar-refractivity contribution in [3.63, 3.8) is 0 Å². The number of carboxylic acids is 1. The van der Waals surface area contributed by atoms with Crippen LogP contribution in [0.15, 0.2) is 42.5 Å². The van der Waals surface area contributed by atoms with Crippen molar-refractivity contribution in [1.29, 1.82) is 5.26 Å². The lowest BCUT2D eigenvalue weighted by atomic mass is 9.84. The number of benzene rings is 2. The molecule has 0 fully saturated rings. The fourth-order valence-electron chi connectivity index (χ4n) is 3.49. The molecule has 0 aromatic heterocycles. The molecule has 9 heteroatoms. The maximum absolute atomic E-state index is 13.0. The first-order valence-electron chi connectivity index (χ1n) is 11.3. The van der Waals surface area contributed by atoms with E-state index in [2.05, 4.69) is 11.4 Å². The summed E-state index contributed by atoms with van der Waals surface area (Å²) in [6.07, 6.45) is -0.753. The van der Waals surface area contributed by atoms with Gasteiger partial charge >= 0.3 is 18.0 Å². The third-order valence-corrected chi connectivity index (χ3v) is 5.25. The Hall–Kier alpha value is -3.57. The van der Waals surface area contributed by atoms with Gasteiger partial charge < -0.3 is 19.9 Å². The molecule has 192 valence electrons. The highest BCUT2D eigenvalue weighted by atomic mass is 35.5. The number of hydrogen-bond acceptors (Lipinski definition) is 6. The molecule has 0 heterocycles. The number of ether oxygens (including phenoxy) is 2. The second kappa shape index (κ2) is 11.4. The number of alkyl carbamates (subject to hydrolysis) is 1. The number of carboxylic acid groups (broad SMARTS) is 1. The van der Waals surface area contributed by atoms with Gasteiger partial charge in [-0.05, 0) is 76.9 Å². The smallest absolute Gasteiger partial charge is 0.407 e. The van der Waals surface area contributed by atoms with E-state index in [9.17, 15) is 24.8 Å². The Labute approximate surface area is 216 Å². The summed E-state index contributed by atoms with van der Waals surface area (Å²) in [6.45, 7) is 9.80.